The zero-order valence-corrected chi connectivity index (χ0v) is 12.9. The van der Waals surface area contributed by atoms with Crippen molar-refractivity contribution in [2.75, 3.05) is 7.11 Å². The van der Waals surface area contributed by atoms with Gasteiger partial charge < -0.3 is 9.84 Å². The highest BCUT2D eigenvalue weighted by molar-refractivity contribution is 7.89. The number of benzene rings is 1. The average Bonchev–Trinajstić information content (AvgIpc) is 2.85. The number of halogens is 1. The van der Waals surface area contributed by atoms with E-state index in [1.165, 1.54) is 12.1 Å². The SMILES string of the molecule is COC1CCC(NS(=O)(=O)c2ccc(C(=O)O)c(Cl)c2)C1. The summed E-state index contributed by atoms with van der Waals surface area (Å²) in [7, 11) is -2.12. The Morgan fingerprint density at radius 3 is 2.67 bits per heavy atom. The number of hydrogen-bond donors (Lipinski definition) is 2. The smallest absolute Gasteiger partial charge is 0.337 e. The first-order valence-electron chi connectivity index (χ1n) is 6.41. The number of methoxy groups -OCH3 is 1. The van der Waals surface area contributed by atoms with Gasteiger partial charge in [0.15, 0.2) is 0 Å². The van der Waals surface area contributed by atoms with Crippen LogP contribution in [0.4, 0.5) is 0 Å². The molecule has 21 heavy (non-hydrogen) atoms. The van der Waals surface area contributed by atoms with E-state index in [0.717, 1.165) is 12.5 Å². The fraction of sp³-hybridized carbons (Fsp3) is 0.462. The molecule has 116 valence electrons. The van der Waals surface area contributed by atoms with Crippen molar-refractivity contribution >= 4 is 27.6 Å². The summed E-state index contributed by atoms with van der Waals surface area (Å²) < 4.78 is 32.3. The number of carboxylic acid groups (broad SMARTS) is 1. The van der Waals surface area contributed by atoms with E-state index in [9.17, 15) is 13.2 Å². The molecule has 0 amide bonds. The van der Waals surface area contributed by atoms with E-state index in [1.807, 2.05) is 0 Å². The van der Waals surface area contributed by atoms with E-state index in [-0.39, 0.29) is 27.6 Å². The zero-order valence-electron chi connectivity index (χ0n) is 11.4. The summed E-state index contributed by atoms with van der Waals surface area (Å²) in [4.78, 5) is 10.8. The molecule has 0 aromatic heterocycles. The lowest BCUT2D eigenvalue weighted by Crippen LogP contribution is -2.33. The van der Waals surface area contributed by atoms with Crippen LogP contribution in [-0.4, -0.2) is 38.7 Å². The third-order valence-corrected chi connectivity index (χ3v) is 5.35. The standard InChI is InChI=1S/C13H16ClNO5S/c1-20-9-3-2-8(6-9)15-21(18,19)10-4-5-11(13(16)17)12(14)7-10/h4-5,7-9,15H,2-3,6H2,1H3,(H,16,17). The minimum absolute atomic E-state index is 0.0432. The molecule has 1 saturated carbocycles. The van der Waals surface area contributed by atoms with Crippen LogP contribution < -0.4 is 4.72 Å². The maximum atomic E-state index is 12.3. The third kappa shape index (κ3) is 3.74. The lowest BCUT2D eigenvalue weighted by Gasteiger charge is -2.14. The van der Waals surface area contributed by atoms with Crippen LogP contribution >= 0.6 is 11.6 Å². The molecule has 0 aliphatic heterocycles. The monoisotopic (exact) mass is 333 g/mol. The van der Waals surface area contributed by atoms with E-state index in [0.29, 0.717) is 12.8 Å². The number of nitrogens with one attached hydrogen (secondary N) is 1. The summed E-state index contributed by atoms with van der Waals surface area (Å²) in [5.41, 5.74) is -0.129. The first-order valence-corrected chi connectivity index (χ1v) is 8.27. The largest absolute Gasteiger partial charge is 0.478 e. The Bertz CT molecular complexity index is 646. The van der Waals surface area contributed by atoms with Gasteiger partial charge in [-0.2, -0.15) is 0 Å². The van der Waals surface area contributed by atoms with Gasteiger partial charge in [0.05, 0.1) is 21.6 Å². The first-order chi connectivity index (χ1) is 9.83. The number of hydrogen-bond acceptors (Lipinski definition) is 4. The fourth-order valence-electron chi connectivity index (χ4n) is 2.39. The van der Waals surface area contributed by atoms with E-state index >= 15 is 0 Å². The summed E-state index contributed by atoms with van der Waals surface area (Å²) >= 11 is 5.80. The van der Waals surface area contributed by atoms with Gasteiger partial charge in [-0.25, -0.2) is 17.9 Å². The van der Waals surface area contributed by atoms with Crippen LogP contribution in [0.25, 0.3) is 0 Å². The molecule has 0 spiro atoms. The molecule has 1 aromatic rings. The Kier molecular flexibility index (Phi) is 4.88. The first kappa shape index (κ1) is 16.2. The quantitative estimate of drug-likeness (QED) is 0.858. The van der Waals surface area contributed by atoms with E-state index < -0.39 is 16.0 Å². The molecule has 6 nitrogen and oxygen atoms in total. The normalized spacial score (nSPS) is 22.4. The fourth-order valence-corrected chi connectivity index (χ4v) is 4.02. The lowest BCUT2D eigenvalue weighted by molar-refractivity contribution is 0.0697. The van der Waals surface area contributed by atoms with Crippen LogP contribution in [0.2, 0.25) is 5.02 Å². The van der Waals surface area contributed by atoms with Crippen molar-refractivity contribution in [3.63, 3.8) is 0 Å². The van der Waals surface area contributed by atoms with Crippen LogP contribution in [0.5, 0.6) is 0 Å². The maximum Gasteiger partial charge on any atom is 0.337 e. The Morgan fingerprint density at radius 1 is 1.43 bits per heavy atom. The van der Waals surface area contributed by atoms with Crippen LogP contribution in [-0.2, 0) is 14.8 Å². The molecule has 1 aliphatic rings. The summed E-state index contributed by atoms with van der Waals surface area (Å²) in [5, 5.41) is 8.78. The molecule has 1 aromatic carbocycles. The van der Waals surface area contributed by atoms with Crippen molar-refractivity contribution < 1.29 is 23.1 Å². The van der Waals surface area contributed by atoms with Crippen molar-refractivity contribution in [2.45, 2.75) is 36.3 Å². The molecule has 2 N–H and O–H groups in total. The van der Waals surface area contributed by atoms with Crippen molar-refractivity contribution in [1.82, 2.24) is 4.72 Å². The predicted octanol–water partition coefficient (Wildman–Crippen LogP) is 1.88. The highest BCUT2D eigenvalue weighted by Crippen LogP contribution is 2.25. The van der Waals surface area contributed by atoms with Gasteiger partial charge in [0, 0.05) is 13.2 Å². The summed E-state index contributed by atoms with van der Waals surface area (Å²) in [5.74, 6) is -1.20. The van der Waals surface area contributed by atoms with Gasteiger partial charge in [0.2, 0.25) is 10.0 Å². The molecule has 0 radical (unpaired) electrons. The highest BCUT2D eigenvalue weighted by Gasteiger charge is 2.29. The van der Waals surface area contributed by atoms with Gasteiger partial charge in [-0.15, -0.1) is 0 Å². The zero-order chi connectivity index (χ0) is 15.6. The molecule has 0 heterocycles. The van der Waals surface area contributed by atoms with Crippen molar-refractivity contribution in [3.05, 3.63) is 28.8 Å². The molecule has 0 saturated heterocycles. The molecule has 2 atom stereocenters. The predicted molar refractivity (Wildman–Crippen MR) is 77.2 cm³/mol. The number of carboxylic acids is 1. The van der Waals surface area contributed by atoms with Crippen LogP contribution in [0.3, 0.4) is 0 Å². The van der Waals surface area contributed by atoms with Crippen LogP contribution in [0.15, 0.2) is 23.1 Å². The molecular formula is C13H16ClNO5S. The molecular weight excluding hydrogens is 318 g/mol. The number of rotatable bonds is 5. The maximum absolute atomic E-state index is 12.3. The second-order valence-electron chi connectivity index (χ2n) is 4.94. The number of ether oxygens (including phenoxy) is 1. The lowest BCUT2D eigenvalue weighted by atomic mass is 10.2. The minimum atomic E-state index is -3.72. The van der Waals surface area contributed by atoms with Gasteiger partial charge in [-0.3, -0.25) is 0 Å². The van der Waals surface area contributed by atoms with Gasteiger partial charge in [-0.05, 0) is 37.5 Å². The number of sulfonamides is 1. The van der Waals surface area contributed by atoms with E-state index in [4.69, 9.17) is 21.4 Å². The van der Waals surface area contributed by atoms with Crippen LogP contribution in [0, 0.1) is 0 Å². The summed E-state index contributed by atoms with van der Waals surface area (Å²) in [6, 6.07) is 3.39. The Morgan fingerprint density at radius 2 is 2.14 bits per heavy atom. The Balaban J connectivity index is 2.16. The number of carbonyl (C=O) groups is 1. The second-order valence-corrected chi connectivity index (χ2v) is 7.06. The van der Waals surface area contributed by atoms with Gasteiger partial charge in [0.1, 0.15) is 0 Å². The molecule has 1 fully saturated rings. The van der Waals surface area contributed by atoms with Crippen molar-refractivity contribution in [1.29, 1.82) is 0 Å². The second kappa shape index (κ2) is 6.31. The third-order valence-electron chi connectivity index (χ3n) is 3.52. The van der Waals surface area contributed by atoms with Gasteiger partial charge >= 0.3 is 5.97 Å². The van der Waals surface area contributed by atoms with E-state index in [1.54, 1.807) is 7.11 Å². The molecule has 1 aliphatic carbocycles. The topological polar surface area (TPSA) is 92.7 Å². The highest BCUT2D eigenvalue weighted by atomic mass is 35.5. The average molecular weight is 334 g/mol. The van der Waals surface area contributed by atoms with E-state index in [2.05, 4.69) is 4.72 Å². The van der Waals surface area contributed by atoms with Crippen molar-refractivity contribution in [2.24, 2.45) is 0 Å². The number of aromatic carboxylic acids is 1. The van der Waals surface area contributed by atoms with Crippen molar-refractivity contribution in [3.8, 4) is 0 Å². The molecule has 8 heteroatoms. The summed E-state index contributed by atoms with van der Waals surface area (Å²) in [6.45, 7) is 0. The Hall–Kier alpha value is -1.15. The summed E-state index contributed by atoms with van der Waals surface area (Å²) in [6.07, 6.45) is 2.20. The van der Waals surface area contributed by atoms with Gasteiger partial charge in [0.25, 0.3) is 0 Å². The van der Waals surface area contributed by atoms with Crippen LogP contribution in [0.1, 0.15) is 29.6 Å². The Labute approximate surface area is 128 Å². The molecule has 2 rings (SSSR count). The van der Waals surface area contributed by atoms with Gasteiger partial charge in [-0.1, -0.05) is 11.6 Å². The minimum Gasteiger partial charge on any atom is -0.478 e. The molecule has 0 bridgehead atoms. The molecule has 2 unspecified atom stereocenters.